The third kappa shape index (κ3) is 1.05. The quantitative estimate of drug-likeness (QED) is 0.542. The molecule has 2 aromatic carbocycles. The van der Waals surface area contributed by atoms with E-state index in [1.807, 2.05) is 24.3 Å². The van der Waals surface area contributed by atoms with E-state index in [9.17, 15) is 0 Å². The zero-order valence-corrected chi connectivity index (χ0v) is 8.33. The van der Waals surface area contributed by atoms with Crippen LogP contribution in [0.15, 0.2) is 36.4 Å². The van der Waals surface area contributed by atoms with Crippen molar-refractivity contribution in [3.8, 4) is 11.1 Å². The van der Waals surface area contributed by atoms with Crippen LogP contribution in [0.25, 0.3) is 11.1 Å². The molecule has 74 valence electrons. The molecule has 0 aromatic heterocycles. The van der Waals surface area contributed by atoms with E-state index >= 15 is 0 Å². The van der Waals surface area contributed by atoms with Gasteiger partial charge in [-0.05, 0) is 28.8 Å². The zero-order chi connectivity index (χ0) is 10.4. The minimum atomic E-state index is 0.844. The summed E-state index contributed by atoms with van der Waals surface area (Å²) in [5, 5.41) is 0. The van der Waals surface area contributed by atoms with Crippen molar-refractivity contribution < 1.29 is 0 Å². The molecule has 0 fully saturated rings. The lowest BCUT2D eigenvalue weighted by molar-refractivity contribution is 1.27. The van der Waals surface area contributed by atoms with E-state index in [1.54, 1.807) is 0 Å². The van der Waals surface area contributed by atoms with E-state index in [2.05, 4.69) is 12.1 Å². The first-order valence-electron chi connectivity index (χ1n) is 5.02. The number of anilines is 2. The predicted octanol–water partition coefficient (Wildman–Crippen LogP) is 2.42. The molecule has 0 amide bonds. The fourth-order valence-corrected chi connectivity index (χ4v) is 2.32. The lowest BCUT2D eigenvalue weighted by Crippen LogP contribution is -1.91. The Balaban J connectivity index is 2.36. The topological polar surface area (TPSA) is 52.0 Å². The Labute approximate surface area is 88.5 Å². The van der Waals surface area contributed by atoms with Gasteiger partial charge < -0.3 is 11.5 Å². The summed E-state index contributed by atoms with van der Waals surface area (Å²) in [6.07, 6.45) is 0.905. The smallest absolute Gasteiger partial charge is 0.0396 e. The van der Waals surface area contributed by atoms with Crippen LogP contribution in [0.3, 0.4) is 0 Å². The predicted molar refractivity (Wildman–Crippen MR) is 63.5 cm³/mol. The first-order chi connectivity index (χ1) is 7.27. The van der Waals surface area contributed by atoms with Gasteiger partial charge >= 0.3 is 0 Å². The molecule has 0 aliphatic heterocycles. The van der Waals surface area contributed by atoms with Gasteiger partial charge in [0.15, 0.2) is 0 Å². The molecule has 0 atom stereocenters. The molecule has 2 nitrogen and oxygen atoms in total. The Morgan fingerprint density at radius 1 is 0.867 bits per heavy atom. The Morgan fingerprint density at radius 3 is 2.47 bits per heavy atom. The maximum absolute atomic E-state index is 6.00. The monoisotopic (exact) mass is 196 g/mol. The van der Waals surface area contributed by atoms with Crippen molar-refractivity contribution in [1.82, 2.24) is 0 Å². The molecule has 1 aliphatic rings. The average molecular weight is 196 g/mol. The summed E-state index contributed by atoms with van der Waals surface area (Å²) < 4.78 is 0. The van der Waals surface area contributed by atoms with Crippen molar-refractivity contribution in [3.63, 3.8) is 0 Å². The van der Waals surface area contributed by atoms with Gasteiger partial charge in [0.2, 0.25) is 0 Å². The SMILES string of the molecule is Nc1cccc2c1Cc1cccc(N)c1-2. The minimum absolute atomic E-state index is 0.844. The number of nitrogens with two attached hydrogens (primary N) is 2. The summed E-state index contributed by atoms with van der Waals surface area (Å²) in [5.74, 6) is 0. The number of fused-ring (bicyclic) bond motifs is 3. The molecule has 2 aromatic rings. The number of hydrogen-bond acceptors (Lipinski definition) is 2. The van der Waals surface area contributed by atoms with Crippen LogP contribution in [0.5, 0.6) is 0 Å². The van der Waals surface area contributed by atoms with Crippen LogP contribution in [-0.4, -0.2) is 0 Å². The molecule has 1 aliphatic carbocycles. The van der Waals surface area contributed by atoms with Gasteiger partial charge in [0.1, 0.15) is 0 Å². The lowest BCUT2D eigenvalue weighted by atomic mass is 10.0. The fourth-order valence-electron chi connectivity index (χ4n) is 2.32. The Hall–Kier alpha value is -1.96. The molecule has 0 unspecified atom stereocenters. The van der Waals surface area contributed by atoms with E-state index in [4.69, 9.17) is 11.5 Å². The van der Waals surface area contributed by atoms with Crippen LogP contribution in [0.1, 0.15) is 11.1 Å². The fraction of sp³-hybridized carbons (Fsp3) is 0.0769. The van der Waals surface area contributed by atoms with Crippen LogP contribution in [0.4, 0.5) is 11.4 Å². The second-order valence-corrected chi connectivity index (χ2v) is 3.93. The molecule has 4 N–H and O–H groups in total. The van der Waals surface area contributed by atoms with Crippen LogP contribution in [0.2, 0.25) is 0 Å². The summed E-state index contributed by atoms with van der Waals surface area (Å²) in [4.78, 5) is 0. The molecular weight excluding hydrogens is 184 g/mol. The third-order valence-electron chi connectivity index (χ3n) is 3.03. The number of nitrogen functional groups attached to an aromatic ring is 2. The second kappa shape index (κ2) is 2.76. The third-order valence-corrected chi connectivity index (χ3v) is 3.03. The molecule has 15 heavy (non-hydrogen) atoms. The Bertz CT molecular complexity index is 544. The summed E-state index contributed by atoms with van der Waals surface area (Å²) >= 11 is 0. The molecule has 0 saturated carbocycles. The van der Waals surface area contributed by atoms with Crippen molar-refractivity contribution in [2.24, 2.45) is 0 Å². The average Bonchev–Trinajstić information content (AvgIpc) is 2.59. The highest BCUT2D eigenvalue weighted by molar-refractivity contribution is 5.88. The van der Waals surface area contributed by atoms with E-state index in [0.717, 1.165) is 17.8 Å². The van der Waals surface area contributed by atoms with Gasteiger partial charge in [0, 0.05) is 23.4 Å². The number of benzene rings is 2. The van der Waals surface area contributed by atoms with Crippen molar-refractivity contribution in [2.45, 2.75) is 6.42 Å². The van der Waals surface area contributed by atoms with Gasteiger partial charge in [-0.1, -0.05) is 24.3 Å². The normalized spacial score (nSPS) is 12.3. The molecular formula is C13H12N2. The summed E-state index contributed by atoms with van der Waals surface area (Å²) in [6.45, 7) is 0. The largest absolute Gasteiger partial charge is 0.398 e. The number of rotatable bonds is 0. The molecule has 0 saturated heterocycles. The highest BCUT2D eigenvalue weighted by Crippen LogP contribution is 2.42. The molecule has 0 spiro atoms. The summed E-state index contributed by atoms with van der Waals surface area (Å²) in [6, 6.07) is 12.1. The van der Waals surface area contributed by atoms with Gasteiger partial charge in [-0.3, -0.25) is 0 Å². The van der Waals surface area contributed by atoms with E-state index in [0.29, 0.717) is 0 Å². The van der Waals surface area contributed by atoms with E-state index in [1.165, 1.54) is 22.3 Å². The van der Waals surface area contributed by atoms with E-state index in [-0.39, 0.29) is 0 Å². The first kappa shape index (κ1) is 8.36. The van der Waals surface area contributed by atoms with E-state index < -0.39 is 0 Å². The molecule has 0 bridgehead atoms. The summed E-state index contributed by atoms with van der Waals surface area (Å²) in [7, 11) is 0. The molecule has 3 rings (SSSR count). The second-order valence-electron chi connectivity index (χ2n) is 3.93. The summed E-state index contributed by atoms with van der Waals surface area (Å²) in [5.41, 5.74) is 18.5. The number of hydrogen-bond donors (Lipinski definition) is 2. The van der Waals surface area contributed by atoms with Crippen LogP contribution < -0.4 is 11.5 Å². The van der Waals surface area contributed by atoms with Crippen LogP contribution in [0, 0.1) is 0 Å². The molecule has 2 heteroatoms. The van der Waals surface area contributed by atoms with Crippen molar-refractivity contribution in [3.05, 3.63) is 47.5 Å². The van der Waals surface area contributed by atoms with Crippen LogP contribution >= 0.6 is 0 Å². The van der Waals surface area contributed by atoms with Gasteiger partial charge in [0.05, 0.1) is 0 Å². The highest BCUT2D eigenvalue weighted by Gasteiger charge is 2.21. The standard InChI is InChI=1S/C13H12N2/c14-11-5-2-4-9-10(11)7-8-3-1-6-12(15)13(8)9/h1-6H,7,14-15H2. The molecule has 0 radical (unpaired) electrons. The maximum Gasteiger partial charge on any atom is 0.0396 e. The van der Waals surface area contributed by atoms with Gasteiger partial charge in [-0.25, -0.2) is 0 Å². The lowest BCUT2D eigenvalue weighted by Gasteiger charge is -2.05. The van der Waals surface area contributed by atoms with Crippen molar-refractivity contribution in [1.29, 1.82) is 0 Å². The van der Waals surface area contributed by atoms with Crippen LogP contribution in [-0.2, 0) is 6.42 Å². The van der Waals surface area contributed by atoms with Crippen molar-refractivity contribution in [2.75, 3.05) is 11.5 Å². The van der Waals surface area contributed by atoms with Crippen molar-refractivity contribution >= 4 is 11.4 Å². The molecule has 0 heterocycles. The zero-order valence-electron chi connectivity index (χ0n) is 8.33. The maximum atomic E-state index is 6.00. The highest BCUT2D eigenvalue weighted by atomic mass is 14.6. The Kier molecular flexibility index (Phi) is 1.54. The first-order valence-corrected chi connectivity index (χ1v) is 5.02. The van der Waals surface area contributed by atoms with Gasteiger partial charge in [0.25, 0.3) is 0 Å². The van der Waals surface area contributed by atoms with Gasteiger partial charge in [-0.2, -0.15) is 0 Å². The van der Waals surface area contributed by atoms with Gasteiger partial charge in [-0.15, -0.1) is 0 Å². The minimum Gasteiger partial charge on any atom is -0.398 e. The Morgan fingerprint density at radius 2 is 1.60 bits per heavy atom.